The van der Waals surface area contributed by atoms with E-state index in [-0.39, 0.29) is 23.4 Å². The molecule has 0 saturated carbocycles. The maximum Gasteiger partial charge on any atom is 0.154 e. The number of hydrogen-bond donors (Lipinski definition) is 2. The fraction of sp³-hybridized carbons (Fsp3) is 0.417. The number of amidine groups is 1. The summed E-state index contributed by atoms with van der Waals surface area (Å²) in [6, 6.07) is 5.37. The molecule has 1 fully saturated rings. The first-order valence-corrected chi connectivity index (χ1v) is 8.52. The summed E-state index contributed by atoms with van der Waals surface area (Å²) in [5.74, 6) is 0.369. The van der Waals surface area contributed by atoms with E-state index in [4.69, 9.17) is 11.1 Å². The van der Waals surface area contributed by atoms with Gasteiger partial charge in [-0.15, -0.1) is 0 Å². The van der Waals surface area contributed by atoms with E-state index in [0.29, 0.717) is 12.1 Å². The van der Waals surface area contributed by atoms with Gasteiger partial charge in [0.05, 0.1) is 17.2 Å². The molecule has 0 amide bonds. The molecule has 0 bridgehead atoms. The molecule has 1 saturated heterocycles. The van der Waals surface area contributed by atoms with Gasteiger partial charge in [0.2, 0.25) is 0 Å². The van der Waals surface area contributed by atoms with Gasteiger partial charge in [-0.1, -0.05) is 0 Å². The summed E-state index contributed by atoms with van der Waals surface area (Å²) in [6.45, 7) is 2.39. The Hall–Kier alpha value is -1.08. The van der Waals surface area contributed by atoms with Crippen LogP contribution >= 0.6 is 15.9 Å². The van der Waals surface area contributed by atoms with E-state index >= 15 is 0 Å². The van der Waals surface area contributed by atoms with E-state index in [2.05, 4.69) is 20.8 Å². The summed E-state index contributed by atoms with van der Waals surface area (Å²) in [5, 5.41) is 7.40. The van der Waals surface area contributed by atoms with Gasteiger partial charge in [0, 0.05) is 22.6 Å². The van der Waals surface area contributed by atoms with Crippen LogP contribution in [0.5, 0.6) is 0 Å². The molecule has 7 heteroatoms. The van der Waals surface area contributed by atoms with Crippen LogP contribution in [-0.4, -0.2) is 38.3 Å². The highest BCUT2D eigenvalue weighted by atomic mass is 79.9. The molecule has 0 radical (unpaired) electrons. The number of halogens is 1. The summed E-state index contributed by atoms with van der Waals surface area (Å²) in [4.78, 5) is 2.06. The Balaban J connectivity index is 2.30. The molecular weight excluding hydrogens is 330 g/mol. The minimum Gasteiger partial charge on any atom is -0.384 e. The van der Waals surface area contributed by atoms with Gasteiger partial charge < -0.3 is 10.6 Å². The third-order valence-corrected chi connectivity index (χ3v) is 5.67. The SMILES string of the molecule is CC1CS(=O)(=O)CCN1c1ccc(C(=N)N)cc1Br. The lowest BCUT2D eigenvalue weighted by Crippen LogP contribution is -2.47. The molecular formula is C12H16BrN3O2S. The number of nitrogens with zero attached hydrogens (tertiary/aromatic N) is 1. The topological polar surface area (TPSA) is 87.2 Å². The Morgan fingerprint density at radius 2 is 2.21 bits per heavy atom. The smallest absolute Gasteiger partial charge is 0.154 e. The number of nitrogens with two attached hydrogens (primary N) is 1. The van der Waals surface area contributed by atoms with Crippen molar-refractivity contribution in [1.29, 1.82) is 5.41 Å². The minimum absolute atomic E-state index is 0.0153. The van der Waals surface area contributed by atoms with E-state index in [1.54, 1.807) is 12.1 Å². The summed E-state index contributed by atoms with van der Waals surface area (Å²) >= 11 is 3.46. The van der Waals surface area contributed by atoms with Crippen LogP contribution in [0.3, 0.4) is 0 Å². The largest absolute Gasteiger partial charge is 0.384 e. The lowest BCUT2D eigenvalue weighted by Gasteiger charge is -2.35. The van der Waals surface area contributed by atoms with E-state index in [0.717, 1.165) is 10.2 Å². The molecule has 1 aliphatic rings. The van der Waals surface area contributed by atoms with Crippen molar-refractivity contribution in [2.24, 2.45) is 5.73 Å². The van der Waals surface area contributed by atoms with Crippen molar-refractivity contribution >= 4 is 37.3 Å². The molecule has 1 atom stereocenters. The van der Waals surface area contributed by atoms with Gasteiger partial charge in [-0.05, 0) is 41.1 Å². The van der Waals surface area contributed by atoms with Crippen molar-refractivity contribution < 1.29 is 8.42 Å². The van der Waals surface area contributed by atoms with Crippen LogP contribution in [0.15, 0.2) is 22.7 Å². The molecule has 0 aromatic heterocycles. The van der Waals surface area contributed by atoms with E-state index in [1.807, 2.05) is 13.0 Å². The fourth-order valence-corrected chi connectivity index (χ4v) is 4.43. The van der Waals surface area contributed by atoms with Crippen LogP contribution in [0.4, 0.5) is 5.69 Å². The zero-order chi connectivity index (χ0) is 14.2. The van der Waals surface area contributed by atoms with Gasteiger partial charge in [-0.2, -0.15) is 0 Å². The average Bonchev–Trinajstić information content (AvgIpc) is 2.29. The van der Waals surface area contributed by atoms with Crippen LogP contribution in [0.2, 0.25) is 0 Å². The molecule has 5 nitrogen and oxygen atoms in total. The number of nitrogen functional groups attached to an aromatic ring is 1. The third-order valence-electron chi connectivity index (χ3n) is 3.24. The quantitative estimate of drug-likeness (QED) is 0.625. The van der Waals surface area contributed by atoms with E-state index in [1.165, 1.54) is 0 Å². The van der Waals surface area contributed by atoms with Gasteiger partial charge in [0.25, 0.3) is 0 Å². The third kappa shape index (κ3) is 3.09. The molecule has 2 rings (SSSR count). The number of benzene rings is 1. The number of anilines is 1. The lowest BCUT2D eigenvalue weighted by molar-refractivity contribution is 0.568. The Morgan fingerprint density at radius 3 is 2.74 bits per heavy atom. The molecule has 0 spiro atoms. The van der Waals surface area contributed by atoms with Crippen molar-refractivity contribution in [3.8, 4) is 0 Å². The first kappa shape index (κ1) is 14.3. The normalized spacial score (nSPS) is 22.2. The Morgan fingerprint density at radius 1 is 1.53 bits per heavy atom. The molecule has 1 aliphatic heterocycles. The highest BCUT2D eigenvalue weighted by Crippen LogP contribution is 2.30. The van der Waals surface area contributed by atoms with Gasteiger partial charge in [0.15, 0.2) is 9.84 Å². The van der Waals surface area contributed by atoms with Crippen molar-refractivity contribution in [1.82, 2.24) is 0 Å². The zero-order valence-corrected chi connectivity index (χ0v) is 13.0. The van der Waals surface area contributed by atoms with Crippen LogP contribution in [0, 0.1) is 5.41 Å². The number of rotatable bonds is 2. The van der Waals surface area contributed by atoms with Crippen molar-refractivity contribution in [2.75, 3.05) is 23.0 Å². The Bertz CT molecular complexity index is 615. The molecule has 1 aromatic carbocycles. The summed E-state index contributed by atoms with van der Waals surface area (Å²) in [7, 11) is -2.92. The Kier molecular flexibility index (Phi) is 3.87. The maximum atomic E-state index is 11.6. The second kappa shape index (κ2) is 5.13. The molecule has 1 aromatic rings. The Labute approximate surface area is 121 Å². The molecule has 1 unspecified atom stereocenters. The second-order valence-electron chi connectivity index (χ2n) is 4.74. The monoisotopic (exact) mass is 345 g/mol. The highest BCUT2D eigenvalue weighted by molar-refractivity contribution is 9.10. The van der Waals surface area contributed by atoms with Crippen molar-refractivity contribution in [3.63, 3.8) is 0 Å². The van der Waals surface area contributed by atoms with Crippen LogP contribution in [0.25, 0.3) is 0 Å². The molecule has 3 N–H and O–H groups in total. The number of nitrogens with one attached hydrogen (secondary N) is 1. The molecule has 104 valence electrons. The first-order chi connectivity index (χ1) is 8.80. The van der Waals surface area contributed by atoms with Gasteiger partial charge in [0.1, 0.15) is 5.84 Å². The summed E-state index contributed by atoms with van der Waals surface area (Å²) in [6.07, 6.45) is 0. The van der Waals surface area contributed by atoms with Crippen molar-refractivity contribution in [2.45, 2.75) is 13.0 Å². The van der Waals surface area contributed by atoms with E-state index in [9.17, 15) is 8.42 Å². The van der Waals surface area contributed by atoms with Crippen LogP contribution in [0.1, 0.15) is 12.5 Å². The molecule has 19 heavy (non-hydrogen) atoms. The van der Waals surface area contributed by atoms with Crippen molar-refractivity contribution in [3.05, 3.63) is 28.2 Å². The van der Waals surface area contributed by atoms with Crippen LogP contribution < -0.4 is 10.6 Å². The predicted octanol–water partition coefficient (Wildman–Crippen LogP) is 1.36. The highest BCUT2D eigenvalue weighted by Gasteiger charge is 2.29. The lowest BCUT2D eigenvalue weighted by atomic mass is 10.1. The molecule has 1 heterocycles. The number of sulfone groups is 1. The van der Waals surface area contributed by atoms with E-state index < -0.39 is 9.84 Å². The standard InChI is InChI=1S/C12H16BrN3O2S/c1-8-7-19(17,18)5-4-16(8)11-3-2-9(12(14)15)6-10(11)13/h2-3,6,8H,4-5,7H2,1H3,(H3,14,15). The van der Waals surface area contributed by atoms with Crippen LogP contribution in [-0.2, 0) is 9.84 Å². The predicted molar refractivity (Wildman–Crippen MR) is 80.6 cm³/mol. The number of hydrogen-bond acceptors (Lipinski definition) is 4. The second-order valence-corrected chi connectivity index (χ2v) is 7.82. The zero-order valence-electron chi connectivity index (χ0n) is 10.6. The summed E-state index contributed by atoms with van der Waals surface area (Å²) < 4.78 is 24.0. The molecule has 0 aliphatic carbocycles. The summed E-state index contributed by atoms with van der Waals surface area (Å²) in [5.41, 5.74) is 7.03. The fourth-order valence-electron chi connectivity index (χ4n) is 2.26. The first-order valence-electron chi connectivity index (χ1n) is 5.91. The average molecular weight is 346 g/mol. The minimum atomic E-state index is -2.92. The van der Waals surface area contributed by atoms with Gasteiger partial charge >= 0.3 is 0 Å². The van der Waals surface area contributed by atoms with Gasteiger partial charge in [-0.25, -0.2) is 8.42 Å². The van der Waals surface area contributed by atoms with Gasteiger partial charge in [-0.3, -0.25) is 5.41 Å². The maximum absolute atomic E-state index is 11.6.